The van der Waals surface area contributed by atoms with Crippen LogP contribution in [0.3, 0.4) is 0 Å². The van der Waals surface area contributed by atoms with Crippen LogP contribution in [0.25, 0.3) is 0 Å². The number of hydrogen-bond acceptors (Lipinski definition) is 2. The van der Waals surface area contributed by atoms with E-state index in [-0.39, 0.29) is 0 Å². The van der Waals surface area contributed by atoms with E-state index in [4.69, 9.17) is 4.74 Å². The third-order valence-electron chi connectivity index (χ3n) is 2.76. The van der Waals surface area contributed by atoms with Crippen molar-refractivity contribution in [2.75, 3.05) is 20.2 Å². The normalized spacial score (nSPS) is 10.8. The van der Waals surface area contributed by atoms with Crippen LogP contribution < -0.4 is 10.1 Å². The number of nitrogens with one attached hydrogen (secondary N) is 1. The summed E-state index contributed by atoms with van der Waals surface area (Å²) < 4.78 is 5.21. The molecule has 1 N–H and O–H groups in total. The SMILES string of the molecule is COc1cccc(CCCCNCC(C)C)c1. The molecule has 0 bridgehead atoms. The minimum atomic E-state index is 0.744. The van der Waals surface area contributed by atoms with E-state index in [0.29, 0.717) is 0 Å². The standard InChI is InChI=1S/C15H25NO/c1-13(2)12-16-10-5-4-7-14-8-6-9-15(11-14)17-3/h6,8-9,11,13,16H,4-5,7,10,12H2,1-3H3. The summed E-state index contributed by atoms with van der Waals surface area (Å²) in [7, 11) is 1.72. The number of aryl methyl sites for hydroxylation is 1. The zero-order valence-electron chi connectivity index (χ0n) is 11.3. The molecule has 2 heteroatoms. The molecule has 0 aliphatic heterocycles. The molecule has 0 heterocycles. The van der Waals surface area contributed by atoms with Crippen molar-refractivity contribution in [1.82, 2.24) is 5.32 Å². The van der Waals surface area contributed by atoms with Crippen LogP contribution in [-0.4, -0.2) is 20.2 Å². The Morgan fingerprint density at radius 3 is 2.76 bits per heavy atom. The van der Waals surface area contributed by atoms with E-state index in [1.807, 2.05) is 6.07 Å². The Morgan fingerprint density at radius 1 is 1.24 bits per heavy atom. The highest BCUT2D eigenvalue weighted by molar-refractivity contribution is 5.28. The maximum atomic E-state index is 5.21. The van der Waals surface area contributed by atoms with Crippen molar-refractivity contribution in [3.63, 3.8) is 0 Å². The fraction of sp³-hybridized carbons (Fsp3) is 0.600. The first-order valence-corrected chi connectivity index (χ1v) is 6.56. The first-order valence-electron chi connectivity index (χ1n) is 6.56. The van der Waals surface area contributed by atoms with Crippen molar-refractivity contribution >= 4 is 0 Å². The fourth-order valence-corrected chi connectivity index (χ4v) is 1.80. The monoisotopic (exact) mass is 235 g/mol. The van der Waals surface area contributed by atoms with E-state index in [0.717, 1.165) is 31.2 Å². The van der Waals surface area contributed by atoms with Crippen LogP contribution in [0.1, 0.15) is 32.3 Å². The quantitative estimate of drug-likeness (QED) is 0.698. The molecule has 0 radical (unpaired) electrons. The zero-order chi connectivity index (χ0) is 12.5. The Bertz CT molecular complexity index is 310. The molecule has 96 valence electrons. The maximum absolute atomic E-state index is 5.21. The topological polar surface area (TPSA) is 21.3 Å². The lowest BCUT2D eigenvalue weighted by atomic mass is 10.1. The molecule has 1 aromatic rings. The number of unbranched alkanes of at least 4 members (excludes halogenated alkanes) is 1. The van der Waals surface area contributed by atoms with Crippen LogP contribution in [0, 0.1) is 5.92 Å². The molecule has 0 atom stereocenters. The van der Waals surface area contributed by atoms with E-state index in [9.17, 15) is 0 Å². The summed E-state index contributed by atoms with van der Waals surface area (Å²) in [4.78, 5) is 0. The van der Waals surface area contributed by atoms with Crippen LogP contribution in [0.5, 0.6) is 5.75 Å². The Hall–Kier alpha value is -1.02. The molecule has 0 aliphatic carbocycles. The lowest BCUT2D eigenvalue weighted by Crippen LogP contribution is -2.20. The van der Waals surface area contributed by atoms with E-state index >= 15 is 0 Å². The third kappa shape index (κ3) is 6.32. The van der Waals surface area contributed by atoms with Crippen molar-refractivity contribution in [3.8, 4) is 5.75 Å². The van der Waals surface area contributed by atoms with Crippen LogP contribution in [0.15, 0.2) is 24.3 Å². The second-order valence-electron chi connectivity index (χ2n) is 4.91. The van der Waals surface area contributed by atoms with Gasteiger partial charge in [0.15, 0.2) is 0 Å². The van der Waals surface area contributed by atoms with Crippen LogP contribution in [0.4, 0.5) is 0 Å². The van der Waals surface area contributed by atoms with Gasteiger partial charge in [-0.25, -0.2) is 0 Å². The predicted molar refractivity (Wildman–Crippen MR) is 73.6 cm³/mol. The molecular formula is C15H25NO. The smallest absolute Gasteiger partial charge is 0.119 e. The predicted octanol–water partition coefficient (Wildman–Crippen LogP) is 3.26. The molecular weight excluding hydrogens is 210 g/mol. The number of hydrogen-bond donors (Lipinski definition) is 1. The molecule has 0 aromatic heterocycles. The van der Waals surface area contributed by atoms with Crippen molar-refractivity contribution in [2.24, 2.45) is 5.92 Å². The lowest BCUT2D eigenvalue weighted by Gasteiger charge is -2.07. The molecule has 2 nitrogen and oxygen atoms in total. The van der Waals surface area contributed by atoms with Gasteiger partial charge in [0.2, 0.25) is 0 Å². The summed E-state index contributed by atoms with van der Waals surface area (Å²) in [6.45, 7) is 6.73. The Morgan fingerprint density at radius 2 is 2.06 bits per heavy atom. The highest BCUT2D eigenvalue weighted by Crippen LogP contribution is 2.14. The molecule has 0 unspecified atom stereocenters. The summed E-state index contributed by atoms with van der Waals surface area (Å²) in [5, 5.41) is 3.47. The van der Waals surface area contributed by atoms with E-state index in [1.165, 1.54) is 18.4 Å². The second-order valence-corrected chi connectivity index (χ2v) is 4.91. The second kappa shape index (κ2) is 8.13. The zero-order valence-corrected chi connectivity index (χ0v) is 11.3. The largest absolute Gasteiger partial charge is 0.497 e. The Balaban J connectivity index is 2.13. The molecule has 0 aliphatic rings. The molecule has 1 rings (SSSR count). The Kier molecular flexibility index (Phi) is 6.71. The number of ether oxygens (including phenoxy) is 1. The van der Waals surface area contributed by atoms with E-state index in [2.05, 4.69) is 37.4 Å². The van der Waals surface area contributed by atoms with Gasteiger partial charge in [-0.1, -0.05) is 26.0 Å². The average molecular weight is 235 g/mol. The number of rotatable bonds is 8. The minimum Gasteiger partial charge on any atom is -0.497 e. The summed E-state index contributed by atoms with van der Waals surface area (Å²) in [5.41, 5.74) is 1.37. The van der Waals surface area contributed by atoms with Gasteiger partial charge in [0.1, 0.15) is 5.75 Å². The highest BCUT2D eigenvalue weighted by Gasteiger charge is 1.97. The van der Waals surface area contributed by atoms with Gasteiger partial charge in [0.05, 0.1) is 7.11 Å². The van der Waals surface area contributed by atoms with Gasteiger partial charge in [0, 0.05) is 0 Å². The molecule has 0 fully saturated rings. The third-order valence-corrected chi connectivity index (χ3v) is 2.76. The molecule has 0 saturated heterocycles. The van der Waals surface area contributed by atoms with Gasteiger partial charge < -0.3 is 10.1 Å². The summed E-state index contributed by atoms with van der Waals surface area (Å²) in [6.07, 6.45) is 3.61. The Labute approximate surface area is 105 Å². The first kappa shape index (κ1) is 14.0. The summed E-state index contributed by atoms with van der Waals surface area (Å²) >= 11 is 0. The maximum Gasteiger partial charge on any atom is 0.119 e. The molecule has 0 spiro atoms. The van der Waals surface area contributed by atoms with Gasteiger partial charge in [-0.15, -0.1) is 0 Å². The highest BCUT2D eigenvalue weighted by atomic mass is 16.5. The number of benzene rings is 1. The van der Waals surface area contributed by atoms with Gasteiger partial charge in [0.25, 0.3) is 0 Å². The van der Waals surface area contributed by atoms with Gasteiger partial charge >= 0.3 is 0 Å². The van der Waals surface area contributed by atoms with E-state index < -0.39 is 0 Å². The van der Waals surface area contributed by atoms with Crippen LogP contribution in [0.2, 0.25) is 0 Å². The lowest BCUT2D eigenvalue weighted by molar-refractivity contribution is 0.414. The van der Waals surface area contributed by atoms with Crippen LogP contribution in [-0.2, 0) is 6.42 Å². The van der Waals surface area contributed by atoms with Crippen molar-refractivity contribution in [1.29, 1.82) is 0 Å². The molecule has 17 heavy (non-hydrogen) atoms. The number of methoxy groups -OCH3 is 1. The van der Waals surface area contributed by atoms with E-state index in [1.54, 1.807) is 7.11 Å². The van der Waals surface area contributed by atoms with Crippen molar-refractivity contribution < 1.29 is 4.74 Å². The molecule has 1 aromatic carbocycles. The summed E-state index contributed by atoms with van der Waals surface area (Å²) in [6, 6.07) is 8.35. The first-order chi connectivity index (χ1) is 8.22. The van der Waals surface area contributed by atoms with Crippen molar-refractivity contribution in [2.45, 2.75) is 33.1 Å². The van der Waals surface area contributed by atoms with Crippen molar-refractivity contribution in [3.05, 3.63) is 29.8 Å². The minimum absolute atomic E-state index is 0.744. The summed E-state index contributed by atoms with van der Waals surface area (Å²) in [5.74, 6) is 1.70. The molecule has 0 amide bonds. The van der Waals surface area contributed by atoms with Crippen LogP contribution >= 0.6 is 0 Å². The van der Waals surface area contributed by atoms with Gasteiger partial charge in [-0.3, -0.25) is 0 Å². The van der Waals surface area contributed by atoms with Gasteiger partial charge in [-0.05, 0) is 56.0 Å². The van der Waals surface area contributed by atoms with Gasteiger partial charge in [-0.2, -0.15) is 0 Å². The average Bonchev–Trinajstić information content (AvgIpc) is 2.33. The molecule has 0 saturated carbocycles. The fourth-order valence-electron chi connectivity index (χ4n) is 1.80.